The lowest BCUT2D eigenvalue weighted by molar-refractivity contribution is -0.140. The Bertz CT molecular complexity index is 3470. The molecule has 2 atom stereocenters. The number of benzene rings is 2. The van der Waals surface area contributed by atoms with Crippen LogP contribution in [0, 0.1) is 37.3 Å². The Hall–Kier alpha value is -7.23. The first-order valence-electron chi connectivity index (χ1n) is 26.1. The van der Waals surface area contributed by atoms with Gasteiger partial charge in [-0.25, -0.2) is 57.9 Å². The number of anilines is 1. The molecule has 4 aliphatic heterocycles. The van der Waals surface area contributed by atoms with Crippen molar-refractivity contribution in [3.63, 3.8) is 0 Å². The molecule has 0 aliphatic carbocycles. The summed E-state index contributed by atoms with van der Waals surface area (Å²) in [5.74, 6) is -3.05. The number of carboxylic acids is 2. The van der Waals surface area contributed by atoms with Crippen molar-refractivity contribution >= 4 is 122 Å². The molecule has 5 N–H and O–H groups in total. The van der Waals surface area contributed by atoms with E-state index in [9.17, 15) is 37.5 Å². The lowest BCUT2D eigenvalue weighted by Gasteiger charge is -2.36. The number of carboxylic acid groups (broad SMARTS) is 2. The maximum atomic E-state index is 14.5. The van der Waals surface area contributed by atoms with Crippen LogP contribution in [0.4, 0.5) is 19.1 Å². The molecule has 2 saturated heterocycles. The van der Waals surface area contributed by atoms with E-state index < -0.39 is 47.6 Å². The molecular formula is C55H59B3Cl3F3N12O8S2-. The van der Waals surface area contributed by atoms with Crippen LogP contribution in [0.15, 0.2) is 104 Å². The summed E-state index contributed by atoms with van der Waals surface area (Å²) in [5, 5.41) is 32.8. The predicted molar refractivity (Wildman–Crippen MR) is 331 cm³/mol. The molecular weight excluding hydrogens is 1220 g/mol. The van der Waals surface area contributed by atoms with E-state index >= 15 is 0 Å². The number of aryl methyl sites for hydroxylation is 2. The number of piperidine rings is 2. The summed E-state index contributed by atoms with van der Waals surface area (Å²) in [6.07, 6.45) is 9.15. The number of esters is 2. The minimum Gasteiger partial charge on any atom is -0.476 e. The number of allylic oxidation sites excluding steroid dienone is 2. The van der Waals surface area contributed by atoms with Crippen LogP contribution in [-0.4, -0.2) is 145 Å². The molecule has 31 heteroatoms. The quantitative estimate of drug-likeness (QED) is 0.0414. The van der Waals surface area contributed by atoms with E-state index in [2.05, 4.69) is 45.9 Å². The molecule has 4 aromatic heterocycles. The number of carbonyl (C=O) groups is 4. The number of nitrogens with one attached hydrogen (secondary N) is 3. The summed E-state index contributed by atoms with van der Waals surface area (Å²) in [5.41, 5.74) is 3.73. The summed E-state index contributed by atoms with van der Waals surface area (Å²) in [4.78, 5) is 84.4. The van der Waals surface area contributed by atoms with Crippen LogP contribution in [0.5, 0.6) is 0 Å². The minimum absolute atomic E-state index is 0.0347. The molecule has 0 spiro atoms. The minimum atomic E-state index is -1.11. The first-order valence-corrected chi connectivity index (χ1v) is 29.0. The highest BCUT2D eigenvalue weighted by Crippen LogP contribution is 2.42. The van der Waals surface area contributed by atoms with Crippen LogP contribution in [0.3, 0.4) is 0 Å². The van der Waals surface area contributed by atoms with Gasteiger partial charge < -0.3 is 40.5 Å². The highest BCUT2D eigenvalue weighted by molar-refractivity contribution is 7.17. The maximum absolute atomic E-state index is 14.5. The molecule has 0 saturated carbocycles. The van der Waals surface area contributed by atoms with E-state index in [0.717, 1.165) is 31.6 Å². The number of aromatic carboxylic acids is 2. The number of alkyl halides is 1. The SMILES string of the molecule is CCOC(=O)C1=C(C2CCN(c3ncc(C)c(C(=O)O)n3)CC2)NC(c2nccs2)=NC1c1cccc(F)c1Cl.CCOC(=O)C1=C(C2CCNCC2)NC(c2nccs2)=NC1c1cccc(F)c1Cl.CF.Cc1cnc(Cl)nc1C(=O)O.[B][B][BH3-]. The monoisotopic (exact) mass is 1270 g/mol. The number of aliphatic imine (C=N–C) groups is 2. The molecule has 86 heavy (non-hydrogen) atoms. The van der Waals surface area contributed by atoms with E-state index in [-0.39, 0.29) is 57.3 Å². The molecule has 0 amide bonds. The van der Waals surface area contributed by atoms with Gasteiger partial charge in [0.1, 0.15) is 23.7 Å². The van der Waals surface area contributed by atoms with E-state index in [0.29, 0.717) is 102 Å². The van der Waals surface area contributed by atoms with Crippen LogP contribution >= 0.6 is 57.5 Å². The van der Waals surface area contributed by atoms with Gasteiger partial charge in [0.05, 0.1) is 41.6 Å². The van der Waals surface area contributed by atoms with Crippen LogP contribution in [-0.2, 0) is 19.1 Å². The van der Waals surface area contributed by atoms with Crippen molar-refractivity contribution in [2.75, 3.05) is 51.5 Å². The van der Waals surface area contributed by atoms with Crippen molar-refractivity contribution < 1.29 is 52.0 Å². The fourth-order valence-electron chi connectivity index (χ4n) is 9.37. The molecule has 2 unspecified atom stereocenters. The second kappa shape index (κ2) is 33.1. The third-order valence-corrected chi connectivity index (χ3v) is 15.7. The summed E-state index contributed by atoms with van der Waals surface area (Å²) >= 11 is 20.9. The second-order valence-corrected chi connectivity index (χ2v) is 21.2. The van der Waals surface area contributed by atoms with Gasteiger partial charge in [-0.3, -0.25) is 14.4 Å². The van der Waals surface area contributed by atoms with Gasteiger partial charge in [-0.2, -0.15) is 7.06 Å². The van der Waals surface area contributed by atoms with E-state index in [1.165, 1.54) is 53.3 Å². The van der Waals surface area contributed by atoms with Crippen molar-refractivity contribution in [1.29, 1.82) is 0 Å². The largest absolute Gasteiger partial charge is 0.476 e. The molecule has 2 fully saturated rings. The van der Waals surface area contributed by atoms with Crippen LogP contribution < -0.4 is 20.9 Å². The predicted octanol–water partition coefficient (Wildman–Crippen LogP) is 8.18. The van der Waals surface area contributed by atoms with Crippen molar-refractivity contribution in [3.05, 3.63) is 165 Å². The van der Waals surface area contributed by atoms with Gasteiger partial charge in [0.25, 0.3) is 0 Å². The molecule has 0 bridgehead atoms. The van der Waals surface area contributed by atoms with Crippen molar-refractivity contribution in [2.45, 2.75) is 65.5 Å². The van der Waals surface area contributed by atoms with Crippen molar-refractivity contribution in [3.8, 4) is 0 Å². The lowest BCUT2D eigenvalue weighted by atomic mass is 9.40. The fourth-order valence-corrected chi connectivity index (χ4v) is 11.1. The standard InChI is InChI=1S/C27H26ClFN6O4S.C21H22ClFN4O2S.C6H5ClN2O2.CH3F.B3H3/c1-3-39-26(38)18-21(15-7-10-35(11-8-15)27-31-13-14(2)20(34-27)25(36)37)32-23(24-30-9-12-40-24)33-22(18)16-5-4-6-17(29)19(16)28;1-2-29-21(28)15-17(12-6-8-24-9-7-12)26-19(20-25-10-11-30-20)27-18(15)13-4-3-5-14(23)16(13)22;1-3-2-8-6(7)9-4(3)5(10)11;1-2;1-3-2/h4-6,9,12-13,15,22H,3,7-8,10-11H2,1-2H3,(H,32,33)(H,36,37);3-5,10-12,18,24H,2,6-9H2,1H3,(H,26,27);2H,1H3,(H,10,11);1H3;1H3/q;;;;-1. The molecule has 6 aromatic rings. The Morgan fingerprint density at radius 3 is 1.55 bits per heavy atom. The van der Waals surface area contributed by atoms with Gasteiger partial charge in [0.2, 0.25) is 11.2 Å². The van der Waals surface area contributed by atoms with Crippen LogP contribution in [0.1, 0.15) is 105 Å². The molecule has 20 nitrogen and oxygen atoms in total. The summed E-state index contributed by atoms with van der Waals surface area (Å²) in [6, 6.07) is 7.31. The number of ether oxygens (including phenoxy) is 2. The number of hydrogen-bond acceptors (Lipinski definition) is 20. The average Bonchev–Trinajstić information content (AvgIpc) is 1.17. The topological polar surface area (TPSA) is 269 Å². The molecule has 8 heterocycles. The Labute approximate surface area is 520 Å². The van der Waals surface area contributed by atoms with E-state index in [1.54, 1.807) is 65.3 Å². The number of amidine groups is 2. The first kappa shape index (κ1) is 67.9. The Balaban J connectivity index is 0.000000225. The Morgan fingerprint density at radius 2 is 1.14 bits per heavy atom. The summed E-state index contributed by atoms with van der Waals surface area (Å²) < 4.78 is 49.2. The van der Waals surface area contributed by atoms with Crippen LogP contribution in [0.2, 0.25) is 15.3 Å². The number of hydrogen-bond donors (Lipinski definition) is 5. The third-order valence-electron chi connectivity index (χ3n) is 13.2. The number of carbonyl (C=O) groups excluding carboxylic acids is 2. The average molecular weight is 1280 g/mol. The summed E-state index contributed by atoms with van der Waals surface area (Å²) in [6.45, 7) is 9.85. The maximum Gasteiger partial charge on any atom is 0.354 e. The number of aromatic nitrogens is 6. The van der Waals surface area contributed by atoms with Crippen molar-refractivity contribution in [1.82, 2.24) is 45.9 Å². The van der Waals surface area contributed by atoms with Gasteiger partial charge in [-0.1, -0.05) is 55.2 Å². The summed E-state index contributed by atoms with van der Waals surface area (Å²) in [7, 11) is 7.50. The van der Waals surface area contributed by atoms with Gasteiger partial charge in [0, 0.05) is 94.1 Å². The van der Waals surface area contributed by atoms with Gasteiger partial charge in [0.15, 0.2) is 33.1 Å². The molecule has 2 aromatic carbocycles. The Kier molecular flexibility index (Phi) is 26.1. The molecule has 10 rings (SSSR count). The smallest absolute Gasteiger partial charge is 0.354 e. The lowest BCUT2D eigenvalue weighted by Crippen LogP contribution is -2.42. The van der Waals surface area contributed by atoms with Gasteiger partial charge >= 0.3 is 23.9 Å². The normalized spacial score (nSPS) is 16.7. The van der Waals surface area contributed by atoms with Gasteiger partial charge in [-0.05, 0) is 97.9 Å². The Morgan fingerprint density at radius 1 is 0.709 bits per heavy atom. The first-order chi connectivity index (χ1) is 41.4. The number of thiazole rings is 2. The zero-order valence-electron chi connectivity index (χ0n) is 46.4. The zero-order valence-corrected chi connectivity index (χ0v) is 50.3. The van der Waals surface area contributed by atoms with Gasteiger partial charge in [-0.15, -0.1) is 22.7 Å². The molecule has 4 aliphatic rings. The number of halogens is 6. The van der Waals surface area contributed by atoms with E-state index in [4.69, 9.17) is 67.1 Å². The van der Waals surface area contributed by atoms with Crippen LogP contribution in [0.25, 0.3) is 0 Å². The van der Waals surface area contributed by atoms with Crippen molar-refractivity contribution in [2.24, 2.45) is 21.8 Å². The molecule has 451 valence electrons. The second-order valence-electron chi connectivity index (χ2n) is 18.3. The number of nitrogens with zero attached hydrogens (tertiary/aromatic N) is 9. The highest BCUT2D eigenvalue weighted by Gasteiger charge is 2.40. The zero-order chi connectivity index (χ0) is 62.6. The third kappa shape index (κ3) is 17.1. The fraction of sp³-hybridized carbons (Fsp3) is 0.345. The number of rotatable bonds is 13. The molecule has 3 radical (unpaired) electrons. The van der Waals surface area contributed by atoms with E-state index in [1.807, 2.05) is 15.7 Å². The highest BCUT2D eigenvalue weighted by atomic mass is 35.5.